The number of nitrogens with zero attached hydrogens (tertiary/aromatic N) is 1. The van der Waals surface area contributed by atoms with Crippen LogP contribution in [0.15, 0.2) is 64.4 Å². The Hall–Kier alpha value is -1.83. The number of rotatable bonds is 8. The first kappa shape index (κ1) is 22.8. The SMILES string of the molecule is CSc1ccc([C@@H](C)NC(=O)CN(C2CCCCC2)S(=O)(=O)c2ccccc2)cc1. The van der Waals surface area contributed by atoms with Crippen molar-refractivity contribution in [1.29, 1.82) is 0 Å². The minimum absolute atomic E-state index is 0.133. The Balaban J connectivity index is 1.75. The number of benzene rings is 2. The predicted molar refractivity (Wildman–Crippen MR) is 122 cm³/mol. The average molecular weight is 447 g/mol. The molecule has 2 aromatic rings. The monoisotopic (exact) mass is 446 g/mol. The van der Waals surface area contributed by atoms with Gasteiger partial charge in [0.25, 0.3) is 0 Å². The summed E-state index contributed by atoms with van der Waals surface area (Å²) in [6.45, 7) is 1.76. The van der Waals surface area contributed by atoms with Crippen molar-refractivity contribution in [1.82, 2.24) is 9.62 Å². The molecule has 0 bridgehead atoms. The zero-order chi connectivity index (χ0) is 21.6. The summed E-state index contributed by atoms with van der Waals surface area (Å²) < 4.78 is 28.1. The molecule has 1 saturated carbocycles. The summed E-state index contributed by atoms with van der Waals surface area (Å²) in [5.74, 6) is -0.276. The van der Waals surface area contributed by atoms with Crippen LogP contribution in [0, 0.1) is 0 Å². The lowest BCUT2D eigenvalue weighted by molar-refractivity contribution is -0.122. The van der Waals surface area contributed by atoms with Gasteiger partial charge in [0.1, 0.15) is 0 Å². The van der Waals surface area contributed by atoms with Crippen LogP contribution >= 0.6 is 11.8 Å². The largest absolute Gasteiger partial charge is 0.348 e. The average Bonchev–Trinajstić information content (AvgIpc) is 2.78. The molecule has 0 heterocycles. The van der Waals surface area contributed by atoms with Gasteiger partial charge in [-0.25, -0.2) is 8.42 Å². The molecule has 30 heavy (non-hydrogen) atoms. The fraction of sp³-hybridized carbons (Fsp3) is 0.435. The standard InChI is InChI=1S/C23H30N2O3S2/c1-18(19-13-15-21(29-2)16-14-19)24-23(26)17-25(20-9-5-3-6-10-20)30(27,28)22-11-7-4-8-12-22/h4,7-8,11-16,18,20H,3,5-6,9-10,17H2,1-2H3,(H,24,26)/t18-/m1/s1. The molecule has 0 spiro atoms. The van der Waals surface area contributed by atoms with Gasteiger partial charge in [0.15, 0.2) is 0 Å². The van der Waals surface area contributed by atoms with Crippen molar-refractivity contribution in [3.05, 3.63) is 60.2 Å². The van der Waals surface area contributed by atoms with Crippen LogP contribution < -0.4 is 5.32 Å². The van der Waals surface area contributed by atoms with E-state index in [9.17, 15) is 13.2 Å². The Morgan fingerprint density at radius 3 is 2.30 bits per heavy atom. The van der Waals surface area contributed by atoms with E-state index < -0.39 is 10.0 Å². The lowest BCUT2D eigenvalue weighted by Gasteiger charge is -2.33. The normalized spacial score (nSPS) is 16.4. The van der Waals surface area contributed by atoms with E-state index in [1.54, 1.807) is 42.1 Å². The predicted octanol–water partition coefficient (Wildman–Crippen LogP) is 4.61. The number of carbonyl (C=O) groups is 1. The van der Waals surface area contributed by atoms with Crippen molar-refractivity contribution >= 4 is 27.7 Å². The summed E-state index contributed by atoms with van der Waals surface area (Å²) in [7, 11) is -3.74. The molecule has 7 heteroatoms. The molecular weight excluding hydrogens is 416 g/mol. The van der Waals surface area contributed by atoms with E-state index in [-0.39, 0.29) is 29.4 Å². The van der Waals surface area contributed by atoms with Gasteiger partial charge in [-0.15, -0.1) is 11.8 Å². The Morgan fingerprint density at radius 2 is 1.70 bits per heavy atom. The second-order valence-electron chi connectivity index (χ2n) is 7.72. The number of sulfonamides is 1. The summed E-state index contributed by atoms with van der Waals surface area (Å²) in [6, 6.07) is 16.1. The molecule has 0 aromatic heterocycles. The van der Waals surface area contributed by atoms with Gasteiger partial charge < -0.3 is 5.32 Å². The van der Waals surface area contributed by atoms with Crippen molar-refractivity contribution in [2.24, 2.45) is 0 Å². The highest BCUT2D eigenvalue weighted by Crippen LogP contribution is 2.28. The van der Waals surface area contributed by atoms with Crippen LogP contribution in [0.2, 0.25) is 0 Å². The van der Waals surface area contributed by atoms with Crippen LogP contribution in [0.5, 0.6) is 0 Å². The lowest BCUT2D eigenvalue weighted by Crippen LogP contribution is -2.47. The number of nitrogens with one attached hydrogen (secondary N) is 1. The fourth-order valence-corrected chi connectivity index (χ4v) is 5.98. The van der Waals surface area contributed by atoms with Crippen molar-refractivity contribution in [3.8, 4) is 0 Å². The number of hydrogen-bond acceptors (Lipinski definition) is 4. The molecule has 1 fully saturated rings. The van der Waals surface area contributed by atoms with Gasteiger partial charge in [0.2, 0.25) is 15.9 Å². The highest BCUT2D eigenvalue weighted by Gasteiger charge is 2.34. The first-order valence-electron chi connectivity index (χ1n) is 10.4. The topological polar surface area (TPSA) is 66.5 Å². The molecule has 0 aliphatic heterocycles. The lowest BCUT2D eigenvalue weighted by atomic mass is 9.95. The van der Waals surface area contributed by atoms with E-state index in [4.69, 9.17) is 0 Å². The van der Waals surface area contributed by atoms with E-state index in [1.165, 1.54) is 4.31 Å². The number of carbonyl (C=O) groups excluding carboxylic acids is 1. The Labute approximate surface area is 184 Å². The Kier molecular flexibility index (Phi) is 7.97. The summed E-state index contributed by atoms with van der Waals surface area (Å²) >= 11 is 1.67. The summed E-state index contributed by atoms with van der Waals surface area (Å²) in [5, 5.41) is 2.97. The molecule has 1 atom stereocenters. The van der Waals surface area contributed by atoms with Gasteiger partial charge in [-0.2, -0.15) is 4.31 Å². The zero-order valence-corrected chi connectivity index (χ0v) is 19.2. The molecule has 0 radical (unpaired) electrons. The quantitative estimate of drug-likeness (QED) is 0.602. The van der Waals surface area contributed by atoms with Crippen LogP contribution in [0.1, 0.15) is 50.6 Å². The molecule has 2 aromatic carbocycles. The van der Waals surface area contributed by atoms with Crippen LogP contribution in [0.25, 0.3) is 0 Å². The molecule has 5 nitrogen and oxygen atoms in total. The van der Waals surface area contributed by atoms with Crippen molar-refractivity contribution in [2.75, 3.05) is 12.8 Å². The zero-order valence-electron chi connectivity index (χ0n) is 17.6. The van der Waals surface area contributed by atoms with E-state index in [1.807, 2.05) is 37.4 Å². The third-order valence-electron chi connectivity index (χ3n) is 5.62. The molecule has 3 rings (SSSR count). The molecule has 0 saturated heterocycles. The van der Waals surface area contributed by atoms with E-state index >= 15 is 0 Å². The van der Waals surface area contributed by atoms with Crippen molar-refractivity contribution in [2.45, 2.75) is 60.9 Å². The number of hydrogen-bond donors (Lipinski definition) is 1. The van der Waals surface area contributed by atoms with Gasteiger partial charge >= 0.3 is 0 Å². The molecule has 162 valence electrons. The summed E-state index contributed by atoms with van der Waals surface area (Å²) in [5.41, 5.74) is 0.997. The van der Waals surface area contributed by atoms with E-state index in [0.29, 0.717) is 0 Å². The van der Waals surface area contributed by atoms with Gasteiger partial charge in [0.05, 0.1) is 17.5 Å². The second-order valence-corrected chi connectivity index (χ2v) is 10.5. The van der Waals surface area contributed by atoms with Crippen molar-refractivity contribution in [3.63, 3.8) is 0 Å². The first-order chi connectivity index (χ1) is 14.4. The second kappa shape index (κ2) is 10.5. The minimum Gasteiger partial charge on any atom is -0.348 e. The molecule has 1 amide bonds. The van der Waals surface area contributed by atoms with Crippen LogP contribution in [-0.4, -0.2) is 37.5 Å². The highest BCUT2D eigenvalue weighted by molar-refractivity contribution is 7.98. The third-order valence-corrected chi connectivity index (χ3v) is 8.28. The van der Waals surface area contributed by atoms with Gasteiger partial charge in [0, 0.05) is 10.9 Å². The minimum atomic E-state index is -3.74. The smallest absolute Gasteiger partial charge is 0.243 e. The first-order valence-corrected chi connectivity index (χ1v) is 13.1. The molecule has 1 aliphatic carbocycles. The van der Waals surface area contributed by atoms with E-state index in [0.717, 1.165) is 42.6 Å². The summed E-state index contributed by atoms with van der Waals surface area (Å²) in [4.78, 5) is 14.3. The van der Waals surface area contributed by atoms with Crippen molar-refractivity contribution < 1.29 is 13.2 Å². The molecule has 1 N–H and O–H groups in total. The van der Waals surface area contributed by atoms with Gasteiger partial charge in [-0.1, -0.05) is 49.6 Å². The van der Waals surface area contributed by atoms with Crippen LogP contribution in [0.3, 0.4) is 0 Å². The molecule has 1 aliphatic rings. The molecular formula is C23H30N2O3S2. The number of amides is 1. The van der Waals surface area contributed by atoms with E-state index in [2.05, 4.69) is 5.32 Å². The third kappa shape index (κ3) is 5.65. The Bertz CT molecular complexity index is 925. The van der Waals surface area contributed by atoms with Crippen LogP contribution in [-0.2, 0) is 14.8 Å². The van der Waals surface area contributed by atoms with Gasteiger partial charge in [-0.3, -0.25) is 4.79 Å². The maximum Gasteiger partial charge on any atom is 0.243 e. The Morgan fingerprint density at radius 1 is 1.07 bits per heavy atom. The van der Waals surface area contributed by atoms with Crippen LogP contribution in [0.4, 0.5) is 0 Å². The van der Waals surface area contributed by atoms with Gasteiger partial charge in [-0.05, 0) is 55.9 Å². The molecule has 0 unspecified atom stereocenters. The maximum absolute atomic E-state index is 13.3. The maximum atomic E-state index is 13.3. The number of thioether (sulfide) groups is 1. The fourth-order valence-electron chi connectivity index (χ4n) is 3.91. The summed E-state index contributed by atoms with van der Waals surface area (Å²) in [6.07, 6.45) is 6.71. The highest BCUT2D eigenvalue weighted by atomic mass is 32.2.